The van der Waals surface area contributed by atoms with Gasteiger partial charge < -0.3 is 19.2 Å². The van der Waals surface area contributed by atoms with Gasteiger partial charge in [0.2, 0.25) is 5.76 Å². The predicted molar refractivity (Wildman–Crippen MR) is 94.6 cm³/mol. The summed E-state index contributed by atoms with van der Waals surface area (Å²) in [4.78, 5) is 36.1. The molecule has 1 heterocycles. The first-order valence-electron chi connectivity index (χ1n) is 8.41. The Hall–Kier alpha value is -2.83. The van der Waals surface area contributed by atoms with Gasteiger partial charge >= 0.3 is 11.9 Å². The molecule has 2 rings (SSSR count). The van der Waals surface area contributed by atoms with Crippen LogP contribution in [0.1, 0.15) is 36.4 Å². The topological polar surface area (TPSA) is 94.8 Å². The van der Waals surface area contributed by atoms with E-state index in [9.17, 15) is 14.4 Å². The van der Waals surface area contributed by atoms with Crippen LogP contribution in [0.4, 0.5) is 0 Å². The Morgan fingerprint density at radius 1 is 1.23 bits per heavy atom. The number of fused-ring (bicyclic) bond motifs is 1. The smallest absolute Gasteiger partial charge is 0.375 e. The molecule has 1 aromatic heterocycles. The minimum atomic E-state index is -0.788. The van der Waals surface area contributed by atoms with E-state index in [-0.39, 0.29) is 11.7 Å². The Morgan fingerprint density at radius 3 is 2.54 bits per heavy atom. The molecule has 0 aliphatic heterocycles. The molecule has 0 spiro atoms. The van der Waals surface area contributed by atoms with Crippen molar-refractivity contribution in [3.05, 3.63) is 35.6 Å². The van der Waals surface area contributed by atoms with Crippen molar-refractivity contribution >= 4 is 28.8 Å². The molecule has 0 fully saturated rings. The first kappa shape index (κ1) is 19.5. The molecule has 7 nitrogen and oxygen atoms in total. The number of hydrogen-bond acceptors (Lipinski definition) is 6. The molecular weight excluding hydrogens is 338 g/mol. The Bertz CT molecular complexity index is 809. The summed E-state index contributed by atoms with van der Waals surface area (Å²) in [7, 11) is 1.26. The van der Waals surface area contributed by atoms with Gasteiger partial charge in [-0.3, -0.25) is 4.79 Å². The van der Waals surface area contributed by atoms with Gasteiger partial charge in [0.05, 0.1) is 7.11 Å². The van der Waals surface area contributed by atoms with Crippen molar-refractivity contribution in [1.29, 1.82) is 0 Å². The number of carbonyl (C=O) groups excluding carboxylic acids is 3. The lowest BCUT2D eigenvalue weighted by atomic mass is 9.99. The zero-order valence-electron chi connectivity index (χ0n) is 15.3. The highest BCUT2D eigenvalue weighted by Crippen LogP contribution is 2.25. The average molecular weight is 361 g/mol. The summed E-state index contributed by atoms with van der Waals surface area (Å²) in [5.41, 5.74) is 1.22. The molecule has 0 unspecified atom stereocenters. The van der Waals surface area contributed by atoms with Gasteiger partial charge in [0, 0.05) is 10.9 Å². The molecule has 0 saturated carbocycles. The highest BCUT2D eigenvalue weighted by molar-refractivity contribution is 5.97. The van der Waals surface area contributed by atoms with Gasteiger partial charge in [0.25, 0.3) is 5.91 Å². The van der Waals surface area contributed by atoms with Gasteiger partial charge in [-0.05, 0) is 18.9 Å². The van der Waals surface area contributed by atoms with Crippen LogP contribution in [0, 0.1) is 12.8 Å². The van der Waals surface area contributed by atoms with Crippen LogP contribution in [0.5, 0.6) is 0 Å². The first-order chi connectivity index (χ1) is 12.4. The first-order valence-corrected chi connectivity index (χ1v) is 8.41. The van der Waals surface area contributed by atoms with Crippen molar-refractivity contribution in [2.75, 3.05) is 13.7 Å². The monoisotopic (exact) mass is 361 g/mol. The summed E-state index contributed by atoms with van der Waals surface area (Å²) < 4.78 is 15.2. The number of ether oxygens (including phenoxy) is 2. The number of para-hydroxylation sites is 1. The fraction of sp³-hybridized carbons (Fsp3) is 0.421. The fourth-order valence-electron chi connectivity index (χ4n) is 2.58. The minimum absolute atomic E-state index is 0.0606. The van der Waals surface area contributed by atoms with Crippen molar-refractivity contribution in [2.45, 2.75) is 33.2 Å². The number of hydrogen-bond donors (Lipinski definition) is 1. The van der Waals surface area contributed by atoms with E-state index in [0.29, 0.717) is 17.6 Å². The molecule has 0 bridgehead atoms. The molecule has 2 atom stereocenters. The molecule has 7 heteroatoms. The number of methoxy groups -OCH3 is 1. The largest absolute Gasteiger partial charge is 0.467 e. The molecule has 140 valence electrons. The van der Waals surface area contributed by atoms with Crippen LogP contribution >= 0.6 is 0 Å². The van der Waals surface area contributed by atoms with Crippen molar-refractivity contribution in [1.82, 2.24) is 5.32 Å². The average Bonchev–Trinajstić information content (AvgIpc) is 3.00. The van der Waals surface area contributed by atoms with Crippen molar-refractivity contribution < 1.29 is 28.3 Å². The van der Waals surface area contributed by atoms with Crippen molar-refractivity contribution in [2.24, 2.45) is 5.92 Å². The molecule has 1 amide bonds. The Morgan fingerprint density at radius 2 is 1.92 bits per heavy atom. The number of amides is 1. The summed E-state index contributed by atoms with van der Waals surface area (Å²) in [6.45, 7) is 4.96. The second kappa shape index (κ2) is 8.51. The summed E-state index contributed by atoms with van der Waals surface area (Å²) >= 11 is 0. The number of aryl methyl sites for hydroxylation is 1. The normalized spacial score (nSPS) is 13.1. The van der Waals surface area contributed by atoms with Gasteiger partial charge in [-0.2, -0.15) is 0 Å². The molecule has 0 saturated heterocycles. The Kier molecular flexibility index (Phi) is 6.38. The van der Waals surface area contributed by atoms with E-state index in [2.05, 4.69) is 5.32 Å². The Labute approximate surface area is 151 Å². The third-order valence-corrected chi connectivity index (χ3v) is 4.35. The van der Waals surface area contributed by atoms with E-state index in [1.807, 2.05) is 26.0 Å². The van der Waals surface area contributed by atoms with Gasteiger partial charge in [-0.15, -0.1) is 0 Å². The zero-order chi connectivity index (χ0) is 19.3. The molecule has 0 radical (unpaired) electrons. The van der Waals surface area contributed by atoms with Gasteiger partial charge in [-0.1, -0.05) is 38.5 Å². The second-order valence-corrected chi connectivity index (χ2v) is 6.08. The van der Waals surface area contributed by atoms with E-state index in [0.717, 1.165) is 5.39 Å². The van der Waals surface area contributed by atoms with E-state index < -0.39 is 30.5 Å². The fourth-order valence-corrected chi connectivity index (χ4v) is 2.58. The zero-order valence-corrected chi connectivity index (χ0v) is 15.3. The third-order valence-electron chi connectivity index (χ3n) is 4.35. The molecule has 0 aliphatic rings. The minimum Gasteiger partial charge on any atom is -0.467 e. The highest BCUT2D eigenvalue weighted by atomic mass is 16.5. The summed E-state index contributed by atoms with van der Waals surface area (Å²) in [5, 5.41) is 3.36. The maximum absolute atomic E-state index is 12.2. The van der Waals surface area contributed by atoms with E-state index in [4.69, 9.17) is 13.9 Å². The highest BCUT2D eigenvalue weighted by Gasteiger charge is 2.27. The van der Waals surface area contributed by atoms with Crippen LogP contribution in [0.2, 0.25) is 0 Å². The van der Waals surface area contributed by atoms with Gasteiger partial charge in [0.1, 0.15) is 11.6 Å². The quantitative estimate of drug-likeness (QED) is 0.762. The third kappa shape index (κ3) is 4.22. The summed E-state index contributed by atoms with van der Waals surface area (Å²) in [6, 6.07) is 6.44. The van der Waals surface area contributed by atoms with Crippen LogP contribution < -0.4 is 5.32 Å². The SMILES string of the molecule is CC[C@H](C)[C@H](NC(=O)COC(=O)c1oc2ccccc2c1C)C(=O)OC. The standard InChI is InChI=1S/C19H23NO6/c1-5-11(2)16(18(22)24-4)20-15(21)10-25-19(23)17-12(3)13-8-6-7-9-14(13)26-17/h6-9,11,16H,5,10H2,1-4H3,(H,20,21)/t11-,16-/m0/s1. The molecule has 0 aliphatic carbocycles. The van der Waals surface area contributed by atoms with Crippen LogP contribution in [0.25, 0.3) is 11.0 Å². The lowest BCUT2D eigenvalue weighted by Crippen LogP contribution is -2.47. The molecule has 2 aromatic rings. The van der Waals surface area contributed by atoms with E-state index in [1.165, 1.54) is 7.11 Å². The number of nitrogens with one attached hydrogen (secondary N) is 1. The van der Waals surface area contributed by atoms with Crippen LogP contribution in [0.15, 0.2) is 28.7 Å². The molecular formula is C19H23NO6. The van der Waals surface area contributed by atoms with E-state index in [1.54, 1.807) is 19.1 Å². The Balaban J connectivity index is 2.00. The molecule has 26 heavy (non-hydrogen) atoms. The predicted octanol–water partition coefficient (Wildman–Crippen LogP) is 2.60. The van der Waals surface area contributed by atoms with Crippen LogP contribution in [-0.4, -0.2) is 37.6 Å². The van der Waals surface area contributed by atoms with Gasteiger partial charge in [0.15, 0.2) is 6.61 Å². The maximum Gasteiger partial charge on any atom is 0.375 e. The molecule has 1 aromatic carbocycles. The van der Waals surface area contributed by atoms with Crippen LogP contribution in [0.3, 0.4) is 0 Å². The summed E-state index contributed by atoms with van der Waals surface area (Å²) in [6.07, 6.45) is 0.679. The number of rotatable bonds is 7. The van der Waals surface area contributed by atoms with Crippen LogP contribution in [-0.2, 0) is 19.1 Å². The number of esters is 2. The van der Waals surface area contributed by atoms with Crippen molar-refractivity contribution in [3.63, 3.8) is 0 Å². The summed E-state index contributed by atoms with van der Waals surface area (Å²) in [5.74, 6) is -1.90. The van der Waals surface area contributed by atoms with Gasteiger partial charge in [-0.25, -0.2) is 9.59 Å². The lowest BCUT2D eigenvalue weighted by Gasteiger charge is -2.21. The lowest BCUT2D eigenvalue weighted by molar-refractivity contribution is -0.147. The number of furan rings is 1. The maximum atomic E-state index is 12.2. The second-order valence-electron chi connectivity index (χ2n) is 6.08. The number of carbonyl (C=O) groups is 3. The number of benzene rings is 1. The van der Waals surface area contributed by atoms with Crippen molar-refractivity contribution in [3.8, 4) is 0 Å². The molecule has 1 N–H and O–H groups in total. The van der Waals surface area contributed by atoms with E-state index >= 15 is 0 Å².